The van der Waals surface area contributed by atoms with Crippen molar-refractivity contribution in [2.24, 2.45) is 0 Å². The van der Waals surface area contributed by atoms with E-state index >= 15 is 0 Å². The van der Waals surface area contributed by atoms with Gasteiger partial charge in [0.1, 0.15) is 5.15 Å². The Morgan fingerprint density at radius 2 is 1.79 bits per heavy atom. The number of carbonyl (C=O) groups is 1. The van der Waals surface area contributed by atoms with E-state index in [-0.39, 0.29) is 11.1 Å². The van der Waals surface area contributed by atoms with Crippen LogP contribution in [0.15, 0.2) is 36.5 Å². The number of aromatic nitrogens is 1. The first-order valence-electron chi connectivity index (χ1n) is 5.82. The van der Waals surface area contributed by atoms with Gasteiger partial charge >= 0.3 is 0 Å². The lowest BCUT2D eigenvalue weighted by Crippen LogP contribution is -2.25. The van der Waals surface area contributed by atoms with Gasteiger partial charge in [-0.3, -0.25) is 4.79 Å². The number of nitrogens with zero attached hydrogens (tertiary/aromatic N) is 2. The molecule has 0 atom stereocenters. The van der Waals surface area contributed by atoms with Crippen molar-refractivity contribution >= 4 is 29.1 Å². The maximum atomic E-state index is 12.4. The van der Waals surface area contributed by atoms with Gasteiger partial charge in [0.15, 0.2) is 0 Å². The van der Waals surface area contributed by atoms with Gasteiger partial charge in [0.2, 0.25) is 0 Å². The summed E-state index contributed by atoms with van der Waals surface area (Å²) in [5.41, 5.74) is 2.74. The minimum absolute atomic E-state index is 0.120. The molecule has 0 N–H and O–H groups in total. The molecule has 0 saturated carbocycles. The molecule has 5 heteroatoms. The molecule has 0 bridgehead atoms. The zero-order chi connectivity index (χ0) is 13.4. The van der Waals surface area contributed by atoms with Crippen LogP contribution in [0.4, 0.5) is 0 Å². The van der Waals surface area contributed by atoms with Crippen molar-refractivity contribution in [3.8, 4) is 0 Å². The zero-order valence-corrected chi connectivity index (χ0v) is 11.4. The third-order valence-corrected chi connectivity index (χ3v) is 3.69. The van der Waals surface area contributed by atoms with Gasteiger partial charge in [-0.25, -0.2) is 4.98 Å². The van der Waals surface area contributed by atoms with Crippen molar-refractivity contribution in [1.82, 2.24) is 9.88 Å². The third-order valence-electron chi connectivity index (χ3n) is 3.18. The van der Waals surface area contributed by atoms with Gasteiger partial charge in [-0.05, 0) is 17.2 Å². The van der Waals surface area contributed by atoms with Crippen LogP contribution in [0.2, 0.25) is 10.2 Å². The molecule has 19 heavy (non-hydrogen) atoms. The van der Waals surface area contributed by atoms with Crippen LogP contribution in [0.3, 0.4) is 0 Å². The van der Waals surface area contributed by atoms with E-state index in [1.807, 2.05) is 24.3 Å². The highest BCUT2D eigenvalue weighted by atomic mass is 35.5. The van der Waals surface area contributed by atoms with E-state index in [0.29, 0.717) is 23.7 Å². The van der Waals surface area contributed by atoms with Crippen LogP contribution in [0, 0.1) is 0 Å². The molecule has 3 nitrogen and oxygen atoms in total. The molecule has 1 aliphatic rings. The van der Waals surface area contributed by atoms with Crippen molar-refractivity contribution in [3.63, 3.8) is 0 Å². The summed E-state index contributed by atoms with van der Waals surface area (Å²) >= 11 is 11.8. The first kappa shape index (κ1) is 12.5. The molecule has 2 aromatic rings. The number of rotatable bonds is 1. The molecule has 1 aliphatic heterocycles. The molecule has 0 aliphatic carbocycles. The summed E-state index contributed by atoms with van der Waals surface area (Å²) in [6, 6.07) is 9.52. The van der Waals surface area contributed by atoms with Gasteiger partial charge in [0.25, 0.3) is 5.91 Å². The number of fused-ring (bicyclic) bond motifs is 1. The van der Waals surface area contributed by atoms with Crippen LogP contribution < -0.4 is 0 Å². The van der Waals surface area contributed by atoms with Crippen LogP contribution >= 0.6 is 23.2 Å². The average Bonchev–Trinajstić information content (AvgIpc) is 2.84. The quantitative estimate of drug-likeness (QED) is 0.753. The number of halogens is 2. The second kappa shape index (κ2) is 4.83. The Labute approximate surface area is 120 Å². The molecule has 3 rings (SSSR count). The van der Waals surface area contributed by atoms with Crippen molar-refractivity contribution in [1.29, 1.82) is 0 Å². The number of benzene rings is 1. The minimum Gasteiger partial charge on any atom is -0.330 e. The summed E-state index contributed by atoms with van der Waals surface area (Å²) in [4.78, 5) is 18.0. The molecule has 0 fully saturated rings. The van der Waals surface area contributed by atoms with Crippen LogP contribution in [0.1, 0.15) is 21.5 Å². The van der Waals surface area contributed by atoms with Crippen molar-refractivity contribution in [3.05, 3.63) is 63.4 Å². The topological polar surface area (TPSA) is 33.2 Å². The lowest BCUT2D eigenvalue weighted by molar-refractivity contribution is 0.0751. The lowest BCUT2D eigenvalue weighted by atomic mass is 10.1. The number of hydrogen-bond acceptors (Lipinski definition) is 2. The van der Waals surface area contributed by atoms with Crippen molar-refractivity contribution in [2.45, 2.75) is 13.1 Å². The van der Waals surface area contributed by atoms with Gasteiger partial charge < -0.3 is 4.90 Å². The zero-order valence-electron chi connectivity index (χ0n) is 9.94. The maximum absolute atomic E-state index is 12.4. The summed E-state index contributed by atoms with van der Waals surface area (Å²) < 4.78 is 0. The highest BCUT2D eigenvalue weighted by molar-refractivity contribution is 6.35. The monoisotopic (exact) mass is 292 g/mol. The van der Waals surface area contributed by atoms with E-state index in [9.17, 15) is 4.79 Å². The summed E-state index contributed by atoms with van der Waals surface area (Å²) in [6.45, 7) is 1.20. The highest BCUT2D eigenvalue weighted by Crippen LogP contribution is 2.26. The molecule has 1 aromatic carbocycles. The summed E-state index contributed by atoms with van der Waals surface area (Å²) in [7, 11) is 0. The number of amides is 1. The first-order valence-corrected chi connectivity index (χ1v) is 6.58. The molecule has 0 unspecified atom stereocenters. The van der Waals surface area contributed by atoms with Gasteiger partial charge in [0.05, 0.1) is 10.6 Å². The number of pyridine rings is 1. The van der Waals surface area contributed by atoms with E-state index in [1.165, 1.54) is 23.4 Å². The SMILES string of the molecule is O=C(c1cc(Cl)ncc1Cl)N1Cc2ccccc2C1. The second-order valence-electron chi connectivity index (χ2n) is 4.42. The van der Waals surface area contributed by atoms with Crippen LogP contribution in [0.25, 0.3) is 0 Å². The molecule has 1 aromatic heterocycles. The lowest BCUT2D eigenvalue weighted by Gasteiger charge is -2.16. The summed E-state index contributed by atoms with van der Waals surface area (Å²) in [5.74, 6) is -0.120. The van der Waals surface area contributed by atoms with Gasteiger partial charge in [-0.15, -0.1) is 0 Å². The molecular weight excluding hydrogens is 283 g/mol. The fraction of sp³-hybridized carbons (Fsp3) is 0.143. The molecule has 2 heterocycles. The van der Waals surface area contributed by atoms with E-state index in [4.69, 9.17) is 23.2 Å². The normalized spacial score (nSPS) is 13.5. The van der Waals surface area contributed by atoms with Crippen LogP contribution in [-0.4, -0.2) is 15.8 Å². The Morgan fingerprint density at radius 3 is 2.42 bits per heavy atom. The van der Waals surface area contributed by atoms with Gasteiger partial charge in [-0.2, -0.15) is 0 Å². The fourth-order valence-corrected chi connectivity index (χ4v) is 2.57. The molecule has 0 spiro atoms. The van der Waals surface area contributed by atoms with E-state index in [2.05, 4.69) is 4.98 Å². The van der Waals surface area contributed by atoms with Crippen LogP contribution in [-0.2, 0) is 13.1 Å². The molecule has 0 saturated heterocycles. The predicted molar refractivity (Wildman–Crippen MR) is 74.3 cm³/mol. The first-order chi connectivity index (χ1) is 9.15. The predicted octanol–water partition coefficient (Wildman–Crippen LogP) is 3.54. The summed E-state index contributed by atoms with van der Waals surface area (Å²) in [5, 5.41) is 0.592. The standard InChI is InChI=1S/C14H10Cl2N2O/c15-12-6-17-13(16)5-11(12)14(19)18-7-9-3-1-2-4-10(9)8-18/h1-6H,7-8H2. The average molecular weight is 293 g/mol. The number of hydrogen-bond donors (Lipinski definition) is 0. The van der Waals surface area contributed by atoms with Gasteiger partial charge in [0, 0.05) is 19.3 Å². The molecular formula is C14H10Cl2N2O. The van der Waals surface area contributed by atoms with E-state index < -0.39 is 0 Å². The van der Waals surface area contributed by atoms with Crippen LogP contribution in [0.5, 0.6) is 0 Å². The second-order valence-corrected chi connectivity index (χ2v) is 5.21. The Kier molecular flexibility index (Phi) is 3.17. The molecule has 96 valence electrons. The Hall–Kier alpha value is -1.58. The minimum atomic E-state index is -0.120. The van der Waals surface area contributed by atoms with E-state index in [0.717, 1.165) is 0 Å². The highest BCUT2D eigenvalue weighted by Gasteiger charge is 2.25. The van der Waals surface area contributed by atoms with Crippen molar-refractivity contribution in [2.75, 3.05) is 0 Å². The Bertz CT molecular complexity index is 633. The maximum Gasteiger partial charge on any atom is 0.256 e. The van der Waals surface area contributed by atoms with E-state index in [1.54, 1.807) is 4.90 Å². The third kappa shape index (κ3) is 2.31. The molecule has 1 amide bonds. The smallest absolute Gasteiger partial charge is 0.256 e. The number of carbonyl (C=O) groups excluding carboxylic acids is 1. The van der Waals surface area contributed by atoms with Gasteiger partial charge in [-0.1, -0.05) is 47.5 Å². The molecule has 0 radical (unpaired) electrons. The Balaban J connectivity index is 1.89. The fourth-order valence-electron chi connectivity index (χ4n) is 2.22. The van der Waals surface area contributed by atoms with Crippen molar-refractivity contribution < 1.29 is 4.79 Å². The summed E-state index contributed by atoms with van der Waals surface area (Å²) in [6.07, 6.45) is 1.40. The largest absolute Gasteiger partial charge is 0.330 e. The Morgan fingerprint density at radius 1 is 1.16 bits per heavy atom.